The number of rotatable bonds is 9. The summed E-state index contributed by atoms with van der Waals surface area (Å²) in [6.45, 7) is 7.78. The highest BCUT2D eigenvalue weighted by molar-refractivity contribution is 6.03. The third-order valence-electron chi connectivity index (χ3n) is 7.07. The van der Waals surface area contributed by atoms with Crippen molar-refractivity contribution < 1.29 is 9.59 Å². The zero-order valence-corrected chi connectivity index (χ0v) is 21.8. The Morgan fingerprint density at radius 3 is 2.49 bits per heavy atom. The predicted octanol–water partition coefficient (Wildman–Crippen LogP) is 5.84. The number of carbonyl (C=O) groups excluding carboxylic acids is 2. The van der Waals surface area contributed by atoms with Crippen LogP contribution in [0.15, 0.2) is 91.3 Å². The van der Waals surface area contributed by atoms with Crippen molar-refractivity contribution in [3.63, 3.8) is 0 Å². The number of nitrogens with zero attached hydrogens (tertiary/aromatic N) is 3. The fourth-order valence-corrected chi connectivity index (χ4v) is 5.03. The number of amides is 2. The summed E-state index contributed by atoms with van der Waals surface area (Å²) in [5, 5.41) is 3.25. The van der Waals surface area contributed by atoms with Crippen molar-refractivity contribution in [3.8, 4) is 11.1 Å². The molecule has 6 nitrogen and oxygen atoms in total. The number of benzene rings is 2. The van der Waals surface area contributed by atoms with Gasteiger partial charge in [-0.15, -0.1) is 0 Å². The molecule has 0 saturated heterocycles. The van der Waals surface area contributed by atoms with E-state index in [0.717, 1.165) is 42.6 Å². The average molecular weight is 497 g/mol. The molecule has 37 heavy (non-hydrogen) atoms. The molecular formula is C31H36N4O2. The summed E-state index contributed by atoms with van der Waals surface area (Å²) in [6, 6.07) is 17.1. The molecule has 1 aliphatic rings. The molecule has 0 bridgehead atoms. The Kier molecular flexibility index (Phi) is 8.72. The molecule has 1 atom stereocenters. The molecule has 0 aliphatic heterocycles. The Balaban J connectivity index is 1.77. The van der Waals surface area contributed by atoms with Crippen LogP contribution in [0.1, 0.15) is 44.9 Å². The van der Waals surface area contributed by atoms with Gasteiger partial charge in [-0.1, -0.05) is 80.5 Å². The average Bonchev–Trinajstić information content (AvgIpc) is 3.33. The Morgan fingerprint density at radius 1 is 1.11 bits per heavy atom. The summed E-state index contributed by atoms with van der Waals surface area (Å²) in [7, 11) is 0. The van der Waals surface area contributed by atoms with Crippen LogP contribution in [0.25, 0.3) is 11.1 Å². The molecule has 3 aromatic rings. The molecule has 1 aliphatic carbocycles. The fraction of sp³-hybridized carbons (Fsp3) is 0.323. The van der Waals surface area contributed by atoms with E-state index in [1.54, 1.807) is 27.9 Å². The molecule has 6 heteroatoms. The fourth-order valence-electron chi connectivity index (χ4n) is 5.03. The van der Waals surface area contributed by atoms with E-state index < -0.39 is 6.04 Å². The van der Waals surface area contributed by atoms with Crippen molar-refractivity contribution in [2.45, 2.75) is 64.6 Å². The van der Waals surface area contributed by atoms with Crippen LogP contribution >= 0.6 is 0 Å². The smallest absolute Gasteiger partial charge is 0.248 e. The van der Waals surface area contributed by atoms with Crippen molar-refractivity contribution in [1.82, 2.24) is 14.9 Å². The van der Waals surface area contributed by atoms with Gasteiger partial charge in [0, 0.05) is 24.1 Å². The Morgan fingerprint density at radius 2 is 1.84 bits per heavy atom. The number of hydrogen-bond donors (Lipinski definition) is 1. The lowest BCUT2D eigenvalue weighted by Crippen LogP contribution is -2.53. The second-order valence-corrected chi connectivity index (χ2v) is 9.52. The van der Waals surface area contributed by atoms with Gasteiger partial charge in [0.05, 0.1) is 0 Å². The maximum absolute atomic E-state index is 14.0. The van der Waals surface area contributed by atoms with Crippen LogP contribution in [0.4, 0.5) is 5.69 Å². The van der Waals surface area contributed by atoms with Gasteiger partial charge in [-0.2, -0.15) is 0 Å². The van der Waals surface area contributed by atoms with Gasteiger partial charge >= 0.3 is 0 Å². The first-order valence-electron chi connectivity index (χ1n) is 13.1. The number of aryl methyl sites for hydroxylation is 1. The van der Waals surface area contributed by atoms with Crippen molar-refractivity contribution >= 4 is 17.5 Å². The number of aromatic nitrogens is 2. The standard InChI is InChI=1S/C31H36N4O2/c1-4-24(5-2)30(31(37)33-27-16-10-7-11-17-27)35(29(36)22-34-20-19-32-23(34)3)28-18-12-15-26(21-28)25-13-8-6-9-14-25/h4-6,8-9,12-15,18-21,27,30H,1,7,10-11,16-17,22H2,2-3H3,(H,33,37)/b24-5+. The van der Waals surface area contributed by atoms with E-state index in [1.807, 2.05) is 74.5 Å². The molecule has 1 fully saturated rings. The molecule has 2 aromatic carbocycles. The van der Waals surface area contributed by atoms with E-state index in [4.69, 9.17) is 0 Å². The van der Waals surface area contributed by atoms with Crippen LogP contribution in [-0.2, 0) is 16.1 Å². The maximum Gasteiger partial charge on any atom is 0.248 e. The van der Waals surface area contributed by atoms with Gasteiger partial charge in [-0.05, 0) is 55.5 Å². The van der Waals surface area contributed by atoms with Crippen LogP contribution in [0, 0.1) is 6.92 Å². The van der Waals surface area contributed by atoms with Gasteiger partial charge in [0.1, 0.15) is 18.4 Å². The number of nitrogens with one attached hydrogen (secondary N) is 1. The van der Waals surface area contributed by atoms with Crippen molar-refractivity contribution in [2.75, 3.05) is 4.90 Å². The number of hydrogen-bond acceptors (Lipinski definition) is 3. The first-order valence-corrected chi connectivity index (χ1v) is 13.1. The first-order chi connectivity index (χ1) is 18.0. The molecule has 192 valence electrons. The topological polar surface area (TPSA) is 67.2 Å². The second-order valence-electron chi connectivity index (χ2n) is 9.52. The summed E-state index contributed by atoms with van der Waals surface area (Å²) in [5.41, 5.74) is 3.37. The number of imidazole rings is 1. The highest BCUT2D eigenvalue weighted by atomic mass is 16.2. The van der Waals surface area contributed by atoms with E-state index in [9.17, 15) is 9.59 Å². The predicted molar refractivity (Wildman–Crippen MR) is 149 cm³/mol. The van der Waals surface area contributed by atoms with E-state index in [2.05, 4.69) is 16.9 Å². The van der Waals surface area contributed by atoms with Gasteiger partial charge in [0.2, 0.25) is 11.8 Å². The van der Waals surface area contributed by atoms with Gasteiger partial charge in [0.25, 0.3) is 0 Å². The zero-order valence-electron chi connectivity index (χ0n) is 21.8. The van der Waals surface area contributed by atoms with Crippen LogP contribution in [0.2, 0.25) is 0 Å². The van der Waals surface area contributed by atoms with E-state index >= 15 is 0 Å². The van der Waals surface area contributed by atoms with E-state index in [0.29, 0.717) is 11.3 Å². The third kappa shape index (κ3) is 6.26. The quantitative estimate of drug-likeness (QED) is 0.378. The highest BCUT2D eigenvalue weighted by Crippen LogP contribution is 2.29. The van der Waals surface area contributed by atoms with Crippen molar-refractivity contribution in [1.29, 1.82) is 0 Å². The highest BCUT2D eigenvalue weighted by Gasteiger charge is 2.34. The third-order valence-corrected chi connectivity index (χ3v) is 7.07. The molecule has 0 spiro atoms. The van der Waals surface area contributed by atoms with Gasteiger partial charge in [-0.25, -0.2) is 4.98 Å². The monoisotopic (exact) mass is 496 g/mol. The van der Waals surface area contributed by atoms with Gasteiger partial charge in [-0.3, -0.25) is 14.5 Å². The molecular weight excluding hydrogens is 460 g/mol. The molecule has 4 rings (SSSR count). The van der Waals surface area contributed by atoms with Crippen LogP contribution < -0.4 is 10.2 Å². The van der Waals surface area contributed by atoms with Crippen LogP contribution in [0.3, 0.4) is 0 Å². The zero-order chi connectivity index (χ0) is 26.2. The van der Waals surface area contributed by atoms with Crippen LogP contribution in [0.5, 0.6) is 0 Å². The lowest BCUT2D eigenvalue weighted by Gasteiger charge is -2.34. The molecule has 1 aromatic heterocycles. The number of carbonyl (C=O) groups is 2. The second kappa shape index (κ2) is 12.3. The normalized spacial score (nSPS) is 15.1. The molecule has 2 amide bonds. The van der Waals surface area contributed by atoms with Crippen LogP contribution in [-0.4, -0.2) is 33.4 Å². The molecule has 0 radical (unpaired) electrons. The molecule has 1 saturated carbocycles. The van der Waals surface area contributed by atoms with E-state index in [-0.39, 0.29) is 24.4 Å². The van der Waals surface area contributed by atoms with E-state index in [1.165, 1.54) is 6.42 Å². The maximum atomic E-state index is 14.0. The SMILES string of the molecule is C=C/C(=C\C)C(C(=O)NC1CCCCC1)N(C(=O)Cn1ccnc1C)c1cccc(-c2ccccc2)c1. The molecule has 1 N–H and O–H groups in total. The largest absolute Gasteiger partial charge is 0.351 e. The Hall–Kier alpha value is -3.93. The summed E-state index contributed by atoms with van der Waals surface area (Å²) in [6.07, 6.45) is 12.3. The lowest BCUT2D eigenvalue weighted by atomic mass is 9.94. The van der Waals surface area contributed by atoms with Crippen molar-refractivity contribution in [3.05, 3.63) is 97.1 Å². The number of allylic oxidation sites excluding steroid dienone is 1. The summed E-state index contributed by atoms with van der Waals surface area (Å²) in [5.74, 6) is 0.363. The minimum Gasteiger partial charge on any atom is -0.351 e. The Bertz CT molecular complexity index is 1250. The Labute approximate surface area is 219 Å². The summed E-state index contributed by atoms with van der Waals surface area (Å²) < 4.78 is 1.80. The molecule has 1 unspecified atom stereocenters. The summed E-state index contributed by atoms with van der Waals surface area (Å²) in [4.78, 5) is 33.8. The minimum atomic E-state index is -0.841. The van der Waals surface area contributed by atoms with Gasteiger partial charge < -0.3 is 9.88 Å². The summed E-state index contributed by atoms with van der Waals surface area (Å²) >= 11 is 0. The minimum absolute atomic E-state index is 0.0722. The lowest BCUT2D eigenvalue weighted by molar-refractivity contribution is -0.126. The first kappa shape index (κ1) is 26.1. The van der Waals surface area contributed by atoms with Gasteiger partial charge in [0.15, 0.2) is 0 Å². The molecule has 1 heterocycles. The van der Waals surface area contributed by atoms with Crippen molar-refractivity contribution in [2.24, 2.45) is 0 Å². The number of anilines is 1.